The first kappa shape index (κ1) is 14.0. The lowest BCUT2D eigenvalue weighted by Gasteiger charge is -2.21. The third kappa shape index (κ3) is 3.00. The number of amides is 2. The topological polar surface area (TPSA) is 84.7 Å². The predicted molar refractivity (Wildman–Crippen MR) is 74.8 cm³/mol. The molecular weight excluding hydrogens is 228 g/mol. The molecule has 5 heteroatoms. The number of hydrogen-bond donors (Lipinski definition) is 2. The molecule has 1 rings (SSSR count). The van der Waals surface area contributed by atoms with Gasteiger partial charge in [0.1, 0.15) is 0 Å². The molecule has 0 saturated heterocycles. The zero-order valence-corrected chi connectivity index (χ0v) is 11.1. The highest BCUT2D eigenvalue weighted by atomic mass is 16.2. The Morgan fingerprint density at radius 2 is 1.72 bits per heavy atom. The molecule has 5 nitrogen and oxygen atoms in total. The van der Waals surface area contributed by atoms with Crippen molar-refractivity contribution in [3.8, 4) is 0 Å². The molecule has 0 aliphatic carbocycles. The molecule has 0 heterocycles. The third-order valence-corrected chi connectivity index (χ3v) is 2.81. The first-order chi connectivity index (χ1) is 8.51. The summed E-state index contributed by atoms with van der Waals surface area (Å²) in [5.74, 6) is -0.223. The van der Waals surface area contributed by atoms with Gasteiger partial charge in [-0.25, -0.2) is 4.79 Å². The van der Waals surface area contributed by atoms with E-state index in [-0.39, 0.29) is 5.96 Å². The molecule has 0 atom stereocenters. The first-order valence-corrected chi connectivity index (χ1v) is 5.99. The Hall–Kier alpha value is -2.04. The minimum absolute atomic E-state index is 0.223. The van der Waals surface area contributed by atoms with Gasteiger partial charge in [0, 0.05) is 7.05 Å². The standard InChI is InChI=1S/C13H20N4O/c1-4-9-7-6-8-10(5-2)11(9)17(3)13(18)16-12(14)15/h6-8H,4-5H2,1-3H3,(H4,14,15,16,18). The molecule has 0 fully saturated rings. The number of benzene rings is 1. The second-order valence-corrected chi connectivity index (χ2v) is 4.01. The molecule has 4 N–H and O–H groups in total. The number of hydrogen-bond acceptors (Lipinski definition) is 1. The highest BCUT2D eigenvalue weighted by Crippen LogP contribution is 2.26. The molecule has 0 aromatic heterocycles. The number of para-hydroxylation sites is 1. The van der Waals surface area contributed by atoms with Crippen LogP contribution in [0.15, 0.2) is 23.2 Å². The fraction of sp³-hybridized carbons (Fsp3) is 0.385. The summed E-state index contributed by atoms with van der Waals surface area (Å²) in [6.45, 7) is 4.11. The zero-order chi connectivity index (χ0) is 13.7. The third-order valence-electron chi connectivity index (χ3n) is 2.81. The summed E-state index contributed by atoms with van der Waals surface area (Å²) < 4.78 is 0. The summed E-state index contributed by atoms with van der Waals surface area (Å²) in [6.07, 6.45) is 1.70. The molecule has 0 aliphatic heterocycles. The van der Waals surface area contributed by atoms with E-state index in [0.717, 1.165) is 29.7 Å². The maximum atomic E-state index is 11.9. The molecule has 0 spiro atoms. The van der Waals surface area contributed by atoms with Crippen LogP contribution in [-0.2, 0) is 12.8 Å². The lowest BCUT2D eigenvalue weighted by Crippen LogP contribution is -2.31. The van der Waals surface area contributed by atoms with Gasteiger partial charge in [-0.3, -0.25) is 4.90 Å². The van der Waals surface area contributed by atoms with Crippen molar-refractivity contribution in [2.24, 2.45) is 16.5 Å². The summed E-state index contributed by atoms with van der Waals surface area (Å²) in [4.78, 5) is 16.9. The number of carbonyl (C=O) groups excluding carboxylic acids is 1. The van der Waals surface area contributed by atoms with Crippen LogP contribution in [0.25, 0.3) is 0 Å². The largest absolute Gasteiger partial charge is 0.370 e. The van der Waals surface area contributed by atoms with Crippen LogP contribution in [0.5, 0.6) is 0 Å². The molecule has 0 bridgehead atoms. The summed E-state index contributed by atoms with van der Waals surface area (Å²) in [6, 6.07) is 5.56. The van der Waals surface area contributed by atoms with Gasteiger partial charge in [0.25, 0.3) is 0 Å². The molecule has 0 unspecified atom stereocenters. The molecule has 18 heavy (non-hydrogen) atoms. The smallest absolute Gasteiger partial charge is 0.350 e. The summed E-state index contributed by atoms with van der Waals surface area (Å²) in [5, 5.41) is 0. The van der Waals surface area contributed by atoms with E-state index in [2.05, 4.69) is 18.8 Å². The van der Waals surface area contributed by atoms with Gasteiger partial charge in [0.15, 0.2) is 5.96 Å². The normalized spacial score (nSPS) is 9.94. The van der Waals surface area contributed by atoms with E-state index in [1.54, 1.807) is 7.05 Å². The monoisotopic (exact) mass is 248 g/mol. The van der Waals surface area contributed by atoms with E-state index in [1.165, 1.54) is 4.90 Å². The van der Waals surface area contributed by atoms with Crippen molar-refractivity contribution in [2.75, 3.05) is 11.9 Å². The molecule has 0 saturated carbocycles. The van der Waals surface area contributed by atoms with Gasteiger partial charge in [0.2, 0.25) is 0 Å². The Morgan fingerprint density at radius 1 is 1.22 bits per heavy atom. The quantitative estimate of drug-likeness (QED) is 0.630. The first-order valence-electron chi connectivity index (χ1n) is 5.99. The van der Waals surface area contributed by atoms with E-state index in [4.69, 9.17) is 11.5 Å². The van der Waals surface area contributed by atoms with E-state index < -0.39 is 6.03 Å². The van der Waals surface area contributed by atoms with Crippen molar-refractivity contribution >= 4 is 17.7 Å². The van der Waals surface area contributed by atoms with Crippen LogP contribution in [0.3, 0.4) is 0 Å². The van der Waals surface area contributed by atoms with Gasteiger partial charge in [0.05, 0.1) is 5.69 Å². The number of rotatable bonds is 3. The van der Waals surface area contributed by atoms with Crippen LogP contribution >= 0.6 is 0 Å². The average molecular weight is 248 g/mol. The number of aryl methyl sites for hydroxylation is 2. The molecular formula is C13H20N4O. The Kier molecular flexibility index (Phi) is 4.71. The van der Waals surface area contributed by atoms with Crippen LogP contribution < -0.4 is 16.4 Å². The highest BCUT2D eigenvalue weighted by Gasteiger charge is 2.16. The molecule has 1 aromatic rings. The number of anilines is 1. The Labute approximate surface area is 107 Å². The van der Waals surface area contributed by atoms with Crippen LogP contribution in [-0.4, -0.2) is 19.0 Å². The van der Waals surface area contributed by atoms with Crippen LogP contribution in [0.1, 0.15) is 25.0 Å². The van der Waals surface area contributed by atoms with Crippen molar-refractivity contribution in [1.29, 1.82) is 0 Å². The summed E-state index contributed by atoms with van der Waals surface area (Å²) in [5.41, 5.74) is 13.6. The number of nitrogens with zero attached hydrogens (tertiary/aromatic N) is 2. The molecule has 0 radical (unpaired) electrons. The highest BCUT2D eigenvalue weighted by molar-refractivity contribution is 6.00. The van der Waals surface area contributed by atoms with Crippen molar-refractivity contribution in [2.45, 2.75) is 26.7 Å². The number of guanidine groups is 1. The summed E-state index contributed by atoms with van der Waals surface area (Å²) >= 11 is 0. The second-order valence-electron chi connectivity index (χ2n) is 4.01. The van der Waals surface area contributed by atoms with Crippen molar-refractivity contribution < 1.29 is 4.79 Å². The zero-order valence-electron chi connectivity index (χ0n) is 11.1. The average Bonchev–Trinajstić information content (AvgIpc) is 2.35. The Bertz CT molecular complexity index is 442. The van der Waals surface area contributed by atoms with E-state index in [0.29, 0.717) is 0 Å². The number of aliphatic imine (C=N–C) groups is 1. The van der Waals surface area contributed by atoms with Crippen molar-refractivity contribution in [3.63, 3.8) is 0 Å². The van der Waals surface area contributed by atoms with Crippen LogP contribution in [0.2, 0.25) is 0 Å². The van der Waals surface area contributed by atoms with Crippen LogP contribution in [0, 0.1) is 0 Å². The van der Waals surface area contributed by atoms with Gasteiger partial charge >= 0.3 is 6.03 Å². The van der Waals surface area contributed by atoms with Gasteiger partial charge < -0.3 is 11.5 Å². The Morgan fingerprint density at radius 3 is 2.11 bits per heavy atom. The van der Waals surface area contributed by atoms with E-state index in [9.17, 15) is 4.79 Å². The van der Waals surface area contributed by atoms with E-state index >= 15 is 0 Å². The number of urea groups is 1. The second kappa shape index (κ2) is 6.05. The lowest BCUT2D eigenvalue weighted by molar-refractivity contribution is 0.255. The Balaban J connectivity index is 3.22. The van der Waals surface area contributed by atoms with Crippen molar-refractivity contribution in [1.82, 2.24) is 0 Å². The van der Waals surface area contributed by atoms with Gasteiger partial charge in [-0.1, -0.05) is 32.0 Å². The molecule has 2 amide bonds. The molecule has 1 aromatic carbocycles. The van der Waals surface area contributed by atoms with E-state index in [1.807, 2.05) is 18.2 Å². The van der Waals surface area contributed by atoms with Gasteiger partial charge in [-0.15, -0.1) is 0 Å². The fourth-order valence-electron chi connectivity index (χ4n) is 1.93. The van der Waals surface area contributed by atoms with Gasteiger partial charge in [-0.2, -0.15) is 4.99 Å². The lowest BCUT2D eigenvalue weighted by atomic mass is 10.0. The SMILES string of the molecule is CCc1cccc(CC)c1N(C)C(=O)N=C(N)N. The molecule has 0 aliphatic rings. The van der Waals surface area contributed by atoms with Crippen molar-refractivity contribution in [3.05, 3.63) is 29.3 Å². The maximum Gasteiger partial charge on any atom is 0.350 e. The molecule has 98 valence electrons. The minimum atomic E-state index is -0.453. The fourth-order valence-corrected chi connectivity index (χ4v) is 1.93. The van der Waals surface area contributed by atoms with Crippen LogP contribution in [0.4, 0.5) is 10.5 Å². The summed E-state index contributed by atoms with van der Waals surface area (Å²) in [7, 11) is 1.68. The predicted octanol–water partition coefficient (Wildman–Crippen LogP) is 1.64. The van der Waals surface area contributed by atoms with Gasteiger partial charge in [-0.05, 0) is 24.0 Å². The number of carbonyl (C=O) groups is 1. The minimum Gasteiger partial charge on any atom is -0.370 e. The number of nitrogens with two attached hydrogens (primary N) is 2. The maximum absolute atomic E-state index is 11.9.